The van der Waals surface area contributed by atoms with Gasteiger partial charge in [0.25, 0.3) is 0 Å². The average Bonchev–Trinajstić information content (AvgIpc) is 2.46. The first kappa shape index (κ1) is 14.8. The van der Waals surface area contributed by atoms with Crippen molar-refractivity contribution < 1.29 is 8.78 Å². The highest BCUT2D eigenvalue weighted by atomic mass is 19.2. The maximum atomic E-state index is 13.7. The lowest BCUT2D eigenvalue weighted by Crippen LogP contribution is -2.51. The monoisotopic (exact) mass is 302 g/mol. The number of aryl methyl sites for hydroxylation is 1. The van der Waals surface area contributed by atoms with E-state index in [1.165, 1.54) is 17.7 Å². The third-order valence-electron chi connectivity index (χ3n) is 4.23. The van der Waals surface area contributed by atoms with E-state index < -0.39 is 11.6 Å². The average molecular weight is 302 g/mol. The van der Waals surface area contributed by atoms with Crippen LogP contribution >= 0.6 is 0 Å². The van der Waals surface area contributed by atoms with Gasteiger partial charge in [-0.3, -0.25) is 0 Å². The lowest BCUT2D eigenvalue weighted by molar-refractivity contribution is 0.462. The van der Waals surface area contributed by atoms with Gasteiger partial charge in [0.15, 0.2) is 11.6 Å². The third-order valence-corrected chi connectivity index (χ3v) is 4.23. The fraction of sp³-hybridized carbons (Fsp3) is 0.333. The second-order valence-corrected chi connectivity index (χ2v) is 6.52. The molecule has 1 aliphatic heterocycles. The van der Waals surface area contributed by atoms with Crippen molar-refractivity contribution in [1.29, 1.82) is 0 Å². The summed E-state index contributed by atoms with van der Waals surface area (Å²) in [5.74, 6) is -1.63. The Morgan fingerprint density at radius 3 is 2.41 bits per heavy atom. The Labute approximate surface area is 129 Å². The second kappa shape index (κ2) is 5.27. The molecule has 0 saturated heterocycles. The number of benzene rings is 2. The van der Waals surface area contributed by atoms with Gasteiger partial charge in [-0.15, -0.1) is 0 Å². The summed E-state index contributed by atoms with van der Waals surface area (Å²) in [6.45, 7) is 7.58. The fourth-order valence-corrected chi connectivity index (χ4v) is 2.81. The molecule has 0 saturated carbocycles. The van der Waals surface area contributed by atoms with Crippen molar-refractivity contribution in [1.82, 2.24) is 0 Å². The van der Waals surface area contributed by atoms with Crippen molar-refractivity contribution in [3.8, 4) is 0 Å². The van der Waals surface area contributed by atoms with Crippen LogP contribution in [0, 0.1) is 18.6 Å². The van der Waals surface area contributed by atoms with Gasteiger partial charge in [-0.05, 0) is 26.3 Å². The zero-order valence-electron chi connectivity index (χ0n) is 13.1. The Morgan fingerprint density at radius 2 is 1.73 bits per heavy atom. The van der Waals surface area contributed by atoms with E-state index in [-0.39, 0.29) is 5.54 Å². The van der Waals surface area contributed by atoms with E-state index in [1.54, 1.807) is 0 Å². The molecule has 22 heavy (non-hydrogen) atoms. The standard InChI is InChI=1S/C18H20F2N2/c1-12-4-6-13(7-5-12)10-22-17-9-15(20)14(19)8-16(17)21-11-18(22,2)3/h4-9,21H,10-11H2,1-3H3. The zero-order chi connectivity index (χ0) is 15.9. The molecule has 1 N–H and O–H groups in total. The van der Waals surface area contributed by atoms with E-state index >= 15 is 0 Å². The zero-order valence-corrected chi connectivity index (χ0v) is 13.1. The molecule has 0 unspecified atom stereocenters. The van der Waals surface area contributed by atoms with E-state index in [2.05, 4.69) is 48.3 Å². The van der Waals surface area contributed by atoms with Crippen molar-refractivity contribution in [2.75, 3.05) is 16.8 Å². The van der Waals surface area contributed by atoms with E-state index in [0.717, 1.165) is 5.56 Å². The minimum absolute atomic E-state index is 0.192. The summed E-state index contributed by atoms with van der Waals surface area (Å²) in [7, 11) is 0. The van der Waals surface area contributed by atoms with E-state index in [0.29, 0.717) is 24.5 Å². The van der Waals surface area contributed by atoms with Crippen LogP contribution in [0.5, 0.6) is 0 Å². The summed E-state index contributed by atoms with van der Waals surface area (Å²) in [5, 5.41) is 3.20. The highest BCUT2D eigenvalue weighted by molar-refractivity contribution is 5.74. The van der Waals surface area contributed by atoms with Gasteiger partial charge in [0.2, 0.25) is 0 Å². The maximum absolute atomic E-state index is 13.7. The molecule has 2 aromatic carbocycles. The summed E-state index contributed by atoms with van der Waals surface area (Å²) in [6, 6.07) is 10.8. The molecule has 2 aromatic rings. The topological polar surface area (TPSA) is 15.3 Å². The van der Waals surface area contributed by atoms with E-state index in [1.807, 2.05) is 6.92 Å². The summed E-state index contributed by atoms with van der Waals surface area (Å²) in [6.07, 6.45) is 0. The van der Waals surface area contributed by atoms with Crippen LogP contribution in [0.25, 0.3) is 0 Å². The molecular weight excluding hydrogens is 282 g/mol. The predicted molar refractivity (Wildman–Crippen MR) is 86.3 cm³/mol. The molecular formula is C18H20F2N2. The molecule has 1 heterocycles. The number of hydrogen-bond acceptors (Lipinski definition) is 2. The molecule has 0 bridgehead atoms. The van der Waals surface area contributed by atoms with Crippen molar-refractivity contribution >= 4 is 11.4 Å². The minimum atomic E-state index is -0.818. The quantitative estimate of drug-likeness (QED) is 0.879. The van der Waals surface area contributed by atoms with Crippen LogP contribution in [0.2, 0.25) is 0 Å². The molecule has 0 aliphatic carbocycles. The summed E-state index contributed by atoms with van der Waals surface area (Å²) < 4.78 is 27.2. The van der Waals surface area contributed by atoms with Crippen molar-refractivity contribution in [3.05, 3.63) is 59.2 Å². The molecule has 2 nitrogen and oxygen atoms in total. The molecule has 0 atom stereocenters. The highest BCUT2D eigenvalue weighted by Crippen LogP contribution is 2.38. The van der Waals surface area contributed by atoms with Gasteiger partial charge in [0.1, 0.15) is 0 Å². The Hall–Kier alpha value is -2.10. The molecule has 0 radical (unpaired) electrons. The van der Waals surface area contributed by atoms with Crippen molar-refractivity contribution in [3.63, 3.8) is 0 Å². The number of nitrogens with zero attached hydrogens (tertiary/aromatic N) is 1. The van der Waals surface area contributed by atoms with Crippen molar-refractivity contribution in [2.45, 2.75) is 32.9 Å². The molecule has 3 rings (SSSR count). The summed E-state index contributed by atoms with van der Waals surface area (Å²) >= 11 is 0. The van der Waals surface area contributed by atoms with Gasteiger partial charge in [-0.2, -0.15) is 0 Å². The van der Waals surface area contributed by atoms with Gasteiger partial charge >= 0.3 is 0 Å². The van der Waals surface area contributed by atoms with Gasteiger partial charge in [-0.1, -0.05) is 29.8 Å². The van der Waals surface area contributed by atoms with Crippen LogP contribution in [0.3, 0.4) is 0 Å². The normalized spacial score (nSPS) is 16.1. The Bertz CT molecular complexity index is 693. The first-order valence-corrected chi connectivity index (χ1v) is 7.43. The Kier molecular flexibility index (Phi) is 3.55. The number of fused-ring (bicyclic) bond motifs is 1. The van der Waals surface area contributed by atoms with Gasteiger partial charge < -0.3 is 10.2 Å². The molecule has 0 aromatic heterocycles. The molecule has 0 amide bonds. The van der Waals surface area contributed by atoms with E-state index in [9.17, 15) is 8.78 Å². The first-order chi connectivity index (χ1) is 10.4. The summed E-state index contributed by atoms with van der Waals surface area (Å²) in [5.41, 5.74) is 3.51. The van der Waals surface area contributed by atoms with Crippen LogP contribution in [-0.2, 0) is 6.54 Å². The van der Waals surface area contributed by atoms with Gasteiger partial charge in [0.05, 0.1) is 16.9 Å². The predicted octanol–water partition coefficient (Wildman–Crippen LogP) is 4.48. The van der Waals surface area contributed by atoms with E-state index in [4.69, 9.17) is 0 Å². The van der Waals surface area contributed by atoms with Gasteiger partial charge in [-0.25, -0.2) is 8.78 Å². The lowest BCUT2D eigenvalue weighted by atomic mass is 9.96. The maximum Gasteiger partial charge on any atom is 0.161 e. The van der Waals surface area contributed by atoms with Gasteiger partial charge in [0, 0.05) is 25.2 Å². The number of halogens is 2. The Morgan fingerprint density at radius 1 is 1.09 bits per heavy atom. The minimum Gasteiger partial charge on any atom is -0.381 e. The SMILES string of the molecule is Cc1ccc(CN2c3cc(F)c(F)cc3NCC2(C)C)cc1. The van der Waals surface area contributed by atoms with Crippen LogP contribution < -0.4 is 10.2 Å². The number of nitrogens with one attached hydrogen (secondary N) is 1. The highest BCUT2D eigenvalue weighted by Gasteiger charge is 2.33. The van der Waals surface area contributed by atoms with Crippen LogP contribution in [0.15, 0.2) is 36.4 Å². The largest absolute Gasteiger partial charge is 0.381 e. The lowest BCUT2D eigenvalue weighted by Gasteiger charge is -2.45. The molecule has 1 aliphatic rings. The van der Waals surface area contributed by atoms with Crippen LogP contribution in [0.1, 0.15) is 25.0 Å². The molecule has 0 fully saturated rings. The number of rotatable bonds is 2. The first-order valence-electron chi connectivity index (χ1n) is 7.43. The third kappa shape index (κ3) is 2.65. The van der Waals surface area contributed by atoms with Crippen LogP contribution in [0.4, 0.5) is 20.2 Å². The molecule has 4 heteroatoms. The molecule has 116 valence electrons. The number of anilines is 2. The Balaban J connectivity index is 2.01. The molecule has 0 spiro atoms. The number of hydrogen-bond donors (Lipinski definition) is 1. The fourth-order valence-electron chi connectivity index (χ4n) is 2.81. The smallest absolute Gasteiger partial charge is 0.161 e. The summed E-state index contributed by atoms with van der Waals surface area (Å²) in [4.78, 5) is 2.13. The van der Waals surface area contributed by atoms with Crippen LogP contribution in [-0.4, -0.2) is 12.1 Å². The van der Waals surface area contributed by atoms with Crippen molar-refractivity contribution in [2.24, 2.45) is 0 Å². The second-order valence-electron chi connectivity index (χ2n) is 6.52.